The second-order valence-electron chi connectivity index (χ2n) is 7.71. The number of rotatable bonds is 7. The van der Waals surface area contributed by atoms with Crippen molar-refractivity contribution >= 4 is 27.6 Å². The number of esters is 1. The van der Waals surface area contributed by atoms with Gasteiger partial charge in [0, 0.05) is 24.7 Å². The molecule has 1 aliphatic rings. The lowest BCUT2D eigenvalue weighted by Crippen LogP contribution is -2.41. The molecule has 0 radical (unpaired) electrons. The third-order valence-electron chi connectivity index (χ3n) is 5.31. The molecule has 1 aliphatic heterocycles. The molecule has 31 heavy (non-hydrogen) atoms. The number of hydrogen-bond donors (Lipinski definition) is 1. The quantitative estimate of drug-likeness (QED) is 0.661. The Balaban J connectivity index is 1.53. The molecule has 1 N–H and O–H groups in total. The second-order valence-corrected chi connectivity index (χ2v) is 9.67. The summed E-state index contributed by atoms with van der Waals surface area (Å²) in [6.07, 6.45) is 0.944. The van der Waals surface area contributed by atoms with Crippen molar-refractivity contribution in [1.82, 2.24) is 4.31 Å². The molecule has 2 aromatic rings. The molecule has 8 heteroatoms. The molecule has 2 aromatic carbocycles. The zero-order valence-electron chi connectivity index (χ0n) is 17.8. The van der Waals surface area contributed by atoms with E-state index in [9.17, 15) is 18.0 Å². The molecule has 1 fully saturated rings. The van der Waals surface area contributed by atoms with Gasteiger partial charge in [-0.05, 0) is 56.5 Å². The van der Waals surface area contributed by atoms with Crippen LogP contribution in [0.4, 0.5) is 5.69 Å². The van der Waals surface area contributed by atoms with Gasteiger partial charge in [-0.25, -0.2) is 17.5 Å². The molecule has 0 aliphatic carbocycles. The lowest BCUT2D eigenvalue weighted by Gasteiger charge is -2.30. The predicted molar refractivity (Wildman–Crippen MR) is 119 cm³/mol. The third-order valence-corrected chi connectivity index (χ3v) is 7.16. The lowest BCUT2D eigenvalue weighted by molar-refractivity contribution is -0.120. The van der Waals surface area contributed by atoms with Gasteiger partial charge in [0.15, 0.2) is 0 Å². The van der Waals surface area contributed by atoms with E-state index < -0.39 is 16.0 Å². The van der Waals surface area contributed by atoms with E-state index >= 15 is 0 Å². The van der Waals surface area contributed by atoms with Gasteiger partial charge < -0.3 is 10.1 Å². The number of carbonyl (C=O) groups excluding carboxylic acids is 2. The Hall–Kier alpha value is -2.71. The van der Waals surface area contributed by atoms with Crippen LogP contribution in [0.25, 0.3) is 0 Å². The molecule has 0 saturated carbocycles. The normalized spacial score (nSPS) is 15.4. The number of anilines is 1. The van der Waals surface area contributed by atoms with E-state index in [1.54, 1.807) is 31.2 Å². The number of hydrogen-bond acceptors (Lipinski definition) is 5. The monoisotopic (exact) mass is 444 g/mol. The fourth-order valence-corrected chi connectivity index (χ4v) is 5.20. The number of carbonyl (C=O) groups is 2. The zero-order chi connectivity index (χ0) is 22.4. The minimum absolute atomic E-state index is 0.0294. The summed E-state index contributed by atoms with van der Waals surface area (Å²) in [6, 6.07) is 14.0. The van der Waals surface area contributed by atoms with Gasteiger partial charge in [0.05, 0.1) is 17.9 Å². The smallest absolute Gasteiger partial charge is 0.338 e. The average Bonchev–Trinajstić information content (AvgIpc) is 2.74. The number of piperidine rings is 1. The first-order valence-electron chi connectivity index (χ1n) is 10.4. The summed E-state index contributed by atoms with van der Waals surface area (Å²) < 4.78 is 31.9. The zero-order valence-corrected chi connectivity index (χ0v) is 18.7. The van der Waals surface area contributed by atoms with Crippen molar-refractivity contribution in [2.24, 2.45) is 5.92 Å². The van der Waals surface area contributed by atoms with Crippen LogP contribution in [0, 0.1) is 12.8 Å². The standard InChI is InChI=1S/C23H28N2O5S/c1-3-30-23(27)20-7-9-21(10-8-20)24-22(26)19-11-13-25(14-12-19)31(28,29)16-18-6-4-5-17(2)15-18/h4-10,15,19H,3,11-14,16H2,1-2H3,(H,24,26). The van der Waals surface area contributed by atoms with E-state index in [2.05, 4.69) is 5.32 Å². The highest BCUT2D eigenvalue weighted by atomic mass is 32.2. The molecular formula is C23H28N2O5S. The molecule has 1 saturated heterocycles. The molecule has 0 unspecified atom stereocenters. The van der Waals surface area contributed by atoms with Gasteiger partial charge in [0.2, 0.25) is 15.9 Å². The van der Waals surface area contributed by atoms with Crippen LogP contribution in [0.5, 0.6) is 0 Å². The molecule has 0 aromatic heterocycles. The van der Waals surface area contributed by atoms with Crippen LogP contribution >= 0.6 is 0 Å². The Bertz CT molecular complexity index is 1030. The molecule has 0 spiro atoms. The van der Waals surface area contributed by atoms with Gasteiger partial charge >= 0.3 is 5.97 Å². The first-order valence-corrected chi connectivity index (χ1v) is 12.0. The first-order chi connectivity index (χ1) is 14.8. The van der Waals surface area contributed by atoms with Crippen molar-refractivity contribution in [3.05, 3.63) is 65.2 Å². The summed E-state index contributed by atoms with van der Waals surface area (Å²) in [7, 11) is -3.42. The Morgan fingerprint density at radius 2 is 1.77 bits per heavy atom. The van der Waals surface area contributed by atoms with Gasteiger partial charge in [0.1, 0.15) is 0 Å². The fraction of sp³-hybridized carbons (Fsp3) is 0.391. The molecule has 166 valence electrons. The Kier molecular flexibility index (Phi) is 7.46. The Morgan fingerprint density at radius 1 is 1.10 bits per heavy atom. The highest BCUT2D eigenvalue weighted by molar-refractivity contribution is 7.88. The van der Waals surface area contributed by atoms with Crippen LogP contribution in [0.2, 0.25) is 0 Å². The fourth-order valence-electron chi connectivity index (χ4n) is 3.65. The van der Waals surface area contributed by atoms with Crippen LogP contribution in [0.15, 0.2) is 48.5 Å². The van der Waals surface area contributed by atoms with Crippen molar-refractivity contribution in [2.75, 3.05) is 25.0 Å². The SMILES string of the molecule is CCOC(=O)c1ccc(NC(=O)C2CCN(S(=O)(=O)Cc3cccc(C)c3)CC2)cc1. The maximum Gasteiger partial charge on any atom is 0.338 e. The maximum atomic E-state index is 12.8. The first kappa shape index (κ1) is 23.0. The van der Waals surface area contributed by atoms with E-state index in [1.807, 2.05) is 31.2 Å². The second kappa shape index (κ2) is 10.1. The van der Waals surface area contributed by atoms with Crippen LogP contribution in [0.1, 0.15) is 41.3 Å². The van der Waals surface area contributed by atoms with Gasteiger partial charge in [0.25, 0.3) is 0 Å². The number of ether oxygens (including phenoxy) is 1. The third kappa shape index (κ3) is 6.15. The van der Waals surface area contributed by atoms with E-state index in [4.69, 9.17) is 4.74 Å². The lowest BCUT2D eigenvalue weighted by atomic mass is 9.97. The van der Waals surface area contributed by atoms with Crippen molar-refractivity contribution in [1.29, 1.82) is 0 Å². The minimum Gasteiger partial charge on any atom is -0.462 e. The number of nitrogens with one attached hydrogen (secondary N) is 1. The molecular weight excluding hydrogens is 416 g/mol. The molecule has 0 atom stereocenters. The number of sulfonamides is 1. The highest BCUT2D eigenvalue weighted by Gasteiger charge is 2.31. The largest absolute Gasteiger partial charge is 0.462 e. The summed E-state index contributed by atoms with van der Waals surface area (Å²) in [6.45, 7) is 4.63. The Morgan fingerprint density at radius 3 is 2.39 bits per heavy atom. The summed E-state index contributed by atoms with van der Waals surface area (Å²) in [5.41, 5.74) is 2.81. The molecule has 1 heterocycles. The van der Waals surface area contributed by atoms with Gasteiger partial charge in [-0.1, -0.05) is 29.8 Å². The van der Waals surface area contributed by atoms with E-state index in [1.165, 1.54) is 4.31 Å². The molecule has 1 amide bonds. The highest BCUT2D eigenvalue weighted by Crippen LogP contribution is 2.23. The minimum atomic E-state index is -3.42. The molecule has 0 bridgehead atoms. The van der Waals surface area contributed by atoms with E-state index in [-0.39, 0.29) is 17.6 Å². The molecule has 7 nitrogen and oxygen atoms in total. The Labute approximate surface area is 183 Å². The van der Waals surface area contributed by atoms with Crippen LogP contribution in [-0.2, 0) is 25.3 Å². The maximum absolute atomic E-state index is 12.8. The summed E-state index contributed by atoms with van der Waals surface area (Å²) in [5, 5.41) is 2.85. The van der Waals surface area contributed by atoms with Crippen LogP contribution in [0.3, 0.4) is 0 Å². The van der Waals surface area contributed by atoms with Crippen molar-refractivity contribution in [3.63, 3.8) is 0 Å². The topological polar surface area (TPSA) is 92.8 Å². The van der Waals surface area contributed by atoms with E-state index in [0.29, 0.717) is 43.8 Å². The van der Waals surface area contributed by atoms with Crippen molar-refractivity contribution in [3.8, 4) is 0 Å². The average molecular weight is 445 g/mol. The van der Waals surface area contributed by atoms with E-state index in [0.717, 1.165) is 11.1 Å². The van der Waals surface area contributed by atoms with Gasteiger partial charge in [-0.2, -0.15) is 0 Å². The number of nitrogens with zero attached hydrogens (tertiary/aromatic N) is 1. The summed E-state index contributed by atoms with van der Waals surface area (Å²) in [5.74, 6) is -0.826. The van der Waals surface area contributed by atoms with Crippen molar-refractivity contribution < 1.29 is 22.7 Å². The van der Waals surface area contributed by atoms with Crippen LogP contribution < -0.4 is 5.32 Å². The number of aryl methyl sites for hydroxylation is 1. The van der Waals surface area contributed by atoms with Crippen molar-refractivity contribution in [2.45, 2.75) is 32.4 Å². The predicted octanol–water partition coefficient (Wildman–Crippen LogP) is 3.35. The summed E-state index contributed by atoms with van der Waals surface area (Å²) in [4.78, 5) is 24.3. The number of amides is 1. The van der Waals surface area contributed by atoms with Gasteiger partial charge in [-0.15, -0.1) is 0 Å². The van der Waals surface area contributed by atoms with Crippen LogP contribution in [-0.4, -0.2) is 44.3 Å². The number of benzene rings is 2. The van der Waals surface area contributed by atoms with Gasteiger partial charge in [-0.3, -0.25) is 4.79 Å². The summed E-state index contributed by atoms with van der Waals surface area (Å²) >= 11 is 0. The molecule has 3 rings (SSSR count).